The second-order valence-electron chi connectivity index (χ2n) is 5.71. The molecule has 0 amide bonds. The lowest BCUT2D eigenvalue weighted by Crippen LogP contribution is -2.34. The normalized spacial score (nSPS) is 23.3. The Kier molecular flexibility index (Phi) is 6.31. The van der Waals surface area contributed by atoms with Crippen LogP contribution in [0.25, 0.3) is 0 Å². The molecule has 3 nitrogen and oxygen atoms in total. The number of hydrogen-bond donors (Lipinski definition) is 1. The van der Waals surface area contributed by atoms with Crippen LogP contribution in [0.3, 0.4) is 0 Å². The van der Waals surface area contributed by atoms with Gasteiger partial charge in [-0.25, -0.2) is 0 Å². The van der Waals surface area contributed by atoms with E-state index in [0.717, 1.165) is 25.3 Å². The van der Waals surface area contributed by atoms with Gasteiger partial charge in [0.2, 0.25) is 0 Å². The van der Waals surface area contributed by atoms with Gasteiger partial charge in [-0.15, -0.1) is 0 Å². The number of rotatable bonds is 6. The van der Waals surface area contributed by atoms with E-state index in [1.54, 1.807) is 0 Å². The van der Waals surface area contributed by atoms with E-state index in [1.165, 1.54) is 37.7 Å². The molecule has 0 radical (unpaired) electrons. The molecule has 1 aromatic rings. The maximum absolute atomic E-state index is 5.73. The number of nitrogens with zero attached hydrogens (tertiary/aromatic N) is 1. The molecule has 1 saturated carbocycles. The SMILES string of the molecule is CCCOc1cncc(C2CCCCCC2NCC)c1. The Hall–Kier alpha value is -1.09. The first-order valence-electron chi connectivity index (χ1n) is 8.16. The van der Waals surface area contributed by atoms with Gasteiger partial charge < -0.3 is 10.1 Å². The van der Waals surface area contributed by atoms with Crippen LogP contribution in [-0.4, -0.2) is 24.2 Å². The molecular weight excluding hydrogens is 248 g/mol. The van der Waals surface area contributed by atoms with Crippen LogP contribution < -0.4 is 10.1 Å². The summed E-state index contributed by atoms with van der Waals surface area (Å²) in [7, 11) is 0. The summed E-state index contributed by atoms with van der Waals surface area (Å²) in [4.78, 5) is 4.39. The summed E-state index contributed by atoms with van der Waals surface area (Å²) in [5.74, 6) is 1.50. The van der Waals surface area contributed by atoms with Crippen molar-refractivity contribution in [3.63, 3.8) is 0 Å². The van der Waals surface area contributed by atoms with E-state index >= 15 is 0 Å². The van der Waals surface area contributed by atoms with Crippen molar-refractivity contribution in [1.29, 1.82) is 0 Å². The average Bonchev–Trinajstić information content (AvgIpc) is 2.71. The number of nitrogens with one attached hydrogen (secondary N) is 1. The third kappa shape index (κ3) is 4.20. The standard InChI is InChI=1S/C17H28N2O/c1-3-10-20-15-11-14(12-18-13-15)16-8-6-5-7-9-17(16)19-4-2/h11-13,16-17,19H,3-10H2,1-2H3. The van der Waals surface area contributed by atoms with Crippen molar-refractivity contribution in [1.82, 2.24) is 10.3 Å². The lowest BCUT2D eigenvalue weighted by Gasteiger charge is -2.26. The van der Waals surface area contributed by atoms with Crippen molar-refractivity contribution in [3.8, 4) is 5.75 Å². The van der Waals surface area contributed by atoms with Gasteiger partial charge in [-0.05, 0) is 37.4 Å². The Morgan fingerprint density at radius 3 is 2.85 bits per heavy atom. The second-order valence-corrected chi connectivity index (χ2v) is 5.71. The highest BCUT2D eigenvalue weighted by molar-refractivity contribution is 5.27. The van der Waals surface area contributed by atoms with Crippen molar-refractivity contribution < 1.29 is 4.74 Å². The van der Waals surface area contributed by atoms with E-state index < -0.39 is 0 Å². The van der Waals surface area contributed by atoms with Gasteiger partial charge >= 0.3 is 0 Å². The van der Waals surface area contributed by atoms with Crippen molar-refractivity contribution in [2.75, 3.05) is 13.2 Å². The Bertz CT molecular complexity index is 394. The quantitative estimate of drug-likeness (QED) is 0.800. The minimum absolute atomic E-state index is 0.579. The predicted octanol–water partition coefficient (Wildman–Crippen LogP) is 3.90. The molecular formula is C17H28N2O. The van der Waals surface area contributed by atoms with Gasteiger partial charge in [-0.2, -0.15) is 0 Å². The van der Waals surface area contributed by atoms with Gasteiger partial charge in [0.1, 0.15) is 5.75 Å². The van der Waals surface area contributed by atoms with E-state index in [2.05, 4.69) is 30.2 Å². The Labute approximate surface area is 123 Å². The van der Waals surface area contributed by atoms with Crippen LogP contribution >= 0.6 is 0 Å². The van der Waals surface area contributed by atoms with Crippen LogP contribution in [-0.2, 0) is 0 Å². The number of pyridine rings is 1. The summed E-state index contributed by atoms with van der Waals surface area (Å²) < 4.78 is 5.73. The Morgan fingerprint density at radius 1 is 1.20 bits per heavy atom. The second kappa shape index (κ2) is 8.25. The molecule has 1 fully saturated rings. The van der Waals surface area contributed by atoms with Gasteiger partial charge in [0.15, 0.2) is 0 Å². The molecule has 0 spiro atoms. The molecule has 1 aromatic heterocycles. The fraction of sp³-hybridized carbons (Fsp3) is 0.706. The summed E-state index contributed by atoms with van der Waals surface area (Å²) in [5.41, 5.74) is 1.34. The Balaban J connectivity index is 2.13. The number of ether oxygens (including phenoxy) is 1. The fourth-order valence-corrected chi connectivity index (χ4v) is 3.15. The first-order valence-corrected chi connectivity index (χ1v) is 8.16. The zero-order chi connectivity index (χ0) is 14.2. The van der Waals surface area contributed by atoms with Gasteiger partial charge in [-0.1, -0.05) is 33.1 Å². The molecule has 1 heterocycles. The van der Waals surface area contributed by atoms with Crippen LogP contribution in [0.4, 0.5) is 0 Å². The van der Waals surface area contributed by atoms with Crippen LogP contribution in [0, 0.1) is 0 Å². The summed E-state index contributed by atoms with van der Waals surface area (Å²) in [6.45, 7) is 6.14. The maximum Gasteiger partial charge on any atom is 0.137 e. The van der Waals surface area contributed by atoms with E-state index in [0.29, 0.717) is 12.0 Å². The number of hydrogen-bond acceptors (Lipinski definition) is 3. The van der Waals surface area contributed by atoms with Crippen LogP contribution in [0.5, 0.6) is 5.75 Å². The molecule has 112 valence electrons. The molecule has 2 rings (SSSR count). The molecule has 1 aliphatic carbocycles. The lowest BCUT2D eigenvalue weighted by molar-refractivity contribution is 0.315. The summed E-state index contributed by atoms with van der Waals surface area (Å²) in [6.07, 6.45) is 11.5. The van der Waals surface area contributed by atoms with Crippen molar-refractivity contribution >= 4 is 0 Å². The Morgan fingerprint density at radius 2 is 2.05 bits per heavy atom. The molecule has 0 bridgehead atoms. The highest BCUT2D eigenvalue weighted by atomic mass is 16.5. The molecule has 0 aromatic carbocycles. The number of likely N-dealkylation sites (N-methyl/N-ethyl adjacent to an activating group) is 1. The summed E-state index contributed by atoms with van der Waals surface area (Å²) in [6, 6.07) is 2.79. The minimum Gasteiger partial charge on any atom is -0.492 e. The number of aromatic nitrogens is 1. The zero-order valence-electron chi connectivity index (χ0n) is 12.9. The molecule has 3 heteroatoms. The predicted molar refractivity (Wildman–Crippen MR) is 83.3 cm³/mol. The lowest BCUT2D eigenvalue weighted by atomic mass is 9.88. The largest absolute Gasteiger partial charge is 0.492 e. The van der Waals surface area contributed by atoms with E-state index in [1.807, 2.05) is 12.4 Å². The monoisotopic (exact) mass is 276 g/mol. The molecule has 2 atom stereocenters. The van der Waals surface area contributed by atoms with E-state index in [9.17, 15) is 0 Å². The van der Waals surface area contributed by atoms with Gasteiger partial charge in [0.05, 0.1) is 12.8 Å². The van der Waals surface area contributed by atoms with Crippen molar-refractivity contribution in [2.24, 2.45) is 0 Å². The molecule has 2 unspecified atom stereocenters. The smallest absolute Gasteiger partial charge is 0.137 e. The van der Waals surface area contributed by atoms with Gasteiger partial charge in [-0.3, -0.25) is 4.98 Å². The van der Waals surface area contributed by atoms with Crippen LogP contribution in [0.1, 0.15) is 63.9 Å². The van der Waals surface area contributed by atoms with E-state index in [4.69, 9.17) is 4.74 Å². The zero-order valence-corrected chi connectivity index (χ0v) is 12.9. The van der Waals surface area contributed by atoms with Crippen LogP contribution in [0.15, 0.2) is 18.5 Å². The van der Waals surface area contributed by atoms with Gasteiger partial charge in [0.25, 0.3) is 0 Å². The summed E-state index contributed by atoms with van der Waals surface area (Å²) >= 11 is 0. The van der Waals surface area contributed by atoms with Crippen molar-refractivity contribution in [3.05, 3.63) is 24.0 Å². The molecule has 20 heavy (non-hydrogen) atoms. The minimum atomic E-state index is 0.579. The molecule has 0 aliphatic heterocycles. The third-order valence-corrected chi connectivity index (χ3v) is 4.12. The topological polar surface area (TPSA) is 34.1 Å². The van der Waals surface area contributed by atoms with Gasteiger partial charge in [0, 0.05) is 18.2 Å². The molecule has 0 saturated heterocycles. The summed E-state index contributed by atoms with van der Waals surface area (Å²) in [5, 5.41) is 3.67. The first-order chi connectivity index (χ1) is 9.85. The molecule has 1 N–H and O–H groups in total. The van der Waals surface area contributed by atoms with Crippen LogP contribution in [0.2, 0.25) is 0 Å². The maximum atomic E-state index is 5.73. The van der Waals surface area contributed by atoms with E-state index in [-0.39, 0.29) is 0 Å². The molecule has 1 aliphatic rings. The average molecular weight is 276 g/mol. The third-order valence-electron chi connectivity index (χ3n) is 4.12. The highest BCUT2D eigenvalue weighted by Gasteiger charge is 2.24. The highest BCUT2D eigenvalue weighted by Crippen LogP contribution is 2.33. The van der Waals surface area contributed by atoms with Crippen molar-refractivity contribution in [2.45, 2.75) is 64.3 Å². The fourth-order valence-electron chi connectivity index (χ4n) is 3.15. The first kappa shape index (κ1) is 15.3.